The molecular weight excluding hydrogens is 226 g/mol. The van der Waals surface area contributed by atoms with Crippen LogP contribution < -0.4 is 10.5 Å². The van der Waals surface area contributed by atoms with Crippen molar-refractivity contribution in [3.8, 4) is 5.75 Å². The first-order valence-electron chi connectivity index (χ1n) is 4.84. The van der Waals surface area contributed by atoms with E-state index < -0.39 is 0 Å². The molecule has 0 spiro atoms. The Morgan fingerprint density at radius 1 is 1.40 bits per heavy atom. The molecule has 0 aliphatic heterocycles. The van der Waals surface area contributed by atoms with E-state index in [4.69, 9.17) is 22.7 Å². The summed E-state index contributed by atoms with van der Waals surface area (Å²) in [4.78, 5) is 0.420. The molecule has 0 aliphatic carbocycles. The summed E-state index contributed by atoms with van der Waals surface area (Å²) in [5, 5.41) is 0. The average Bonchev–Trinajstić information content (AvgIpc) is 2.25. The fourth-order valence-corrected chi connectivity index (χ4v) is 1.70. The molecule has 0 radical (unpaired) electrons. The molecule has 0 atom stereocenters. The molecule has 4 heteroatoms. The van der Waals surface area contributed by atoms with Crippen LogP contribution in [0, 0.1) is 0 Å². The summed E-state index contributed by atoms with van der Waals surface area (Å²) >= 11 is 6.73. The third kappa shape index (κ3) is 4.53. The minimum absolute atomic E-state index is 0.420. The summed E-state index contributed by atoms with van der Waals surface area (Å²) in [6.07, 6.45) is 0. The van der Waals surface area contributed by atoms with Crippen molar-refractivity contribution in [2.24, 2.45) is 5.73 Å². The molecule has 0 aromatic heterocycles. The fourth-order valence-electron chi connectivity index (χ4n) is 1.08. The first kappa shape index (κ1) is 12.3. The van der Waals surface area contributed by atoms with Gasteiger partial charge < -0.3 is 10.5 Å². The third-order valence-corrected chi connectivity index (χ3v) is 2.94. The molecule has 0 fully saturated rings. The lowest BCUT2D eigenvalue weighted by Gasteiger charge is -2.06. The Labute approximate surface area is 100 Å². The lowest BCUT2D eigenvalue weighted by Crippen LogP contribution is -2.09. The minimum atomic E-state index is 0.420. The highest BCUT2D eigenvalue weighted by atomic mass is 32.2. The lowest BCUT2D eigenvalue weighted by molar-refractivity contribution is 0.344. The van der Waals surface area contributed by atoms with Gasteiger partial charge in [0.2, 0.25) is 0 Å². The molecule has 0 heterocycles. The zero-order valence-electron chi connectivity index (χ0n) is 8.73. The van der Waals surface area contributed by atoms with E-state index in [1.54, 1.807) is 0 Å². The molecule has 0 saturated heterocycles. The normalized spacial score (nSPS) is 9.93. The van der Waals surface area contributed by atoms with Crippen LogP contribution in [-0.2, 0) is 0 Å². The smallest absolute Gasteiger partial charge is 0.119 e. The molecule has 1 aromatic rings. The average molecular weight is 241 g/mol. The number of ether oxygens (including phenoxy) is 1. The summed E-state index contributed by atoms with van der Waals surface area (Å²) in [6.45, 7) is 2.88. The molecule has 0 aliphatic rings. The maximum atomic E-state index is 5.54. The Kier molecular flexibility index (Phi) is 5.50. The van der Waals surface area contributed by atoms with Gasteiger partial charge in [0.05, 0.1) is 6.61 Å². The summed E-state index contributed by atoms with van der Waals surface area (Å²) in [5.74, 6) is 3.02. The van der Waals surface area contributed by atoms with Crippen LogP contribution in [0.15, 0.2) is 24.3 Å². The topological polar surface area (TPSA) is 35.2 Å². The van der Waals surface area contributed by atoms with E-state index in [9.17, 15) is 0 Å². The zero-order valence-corrected chi connectivity index (χ0v) is 10.4. The van der Waals surface area contributed by atoms with Crippen molar-refractivity contribution in [1.29, 1.82) is 0 Å². The van der Waals surface area contributed by atoms with Crippen molar-refractivity contribution < 1.29 is 4.74 Å². The predicted molar refractivity (Wildman–Crippen MR) is 70.8 cm³/mol. The van der Waals surface area contributed by atoms with Gasteiger partial charge in [-0.1, -0.05) is 19.1 Å². The molecule has 1 aromatic carbocycles. The number of rotatable bonds is 6. The van der Waals surface area contributed by atoms with E-state index in [-0.39, 0.29) is 0 Å². The van der Waals surface area contributed by atoms with E-state index in [0.29, 0.717) is 4.99 Å². The molecule has 2 nitrogen and oxygen atoms in total. The van der Waals surface area contributed by atoms with Crippen molar-refractivity contribution in [3.63, 3.8) is 0 Å². The van der Waals surface area contributed by atoms with E-state index in [1.165, 1.54) is 0 Å². The Hall–Kier alpha value is -0.740. The summed E-state index contributed by atoms with van der Waals surface area (Å²) in [5.41, 5.74) is 6.37. The zero-order chi connectivity index (χ0) is 11.1. The van der Waals surface area contributed by atoms with Crippen molar-refractivity contribution in [3.05, 3.63) is 29.8 Å². The van der Waals surface area contributed by atoms with Crippen molar-refractivity contribution in [2.75, 3.05) is 18.1 Å². The number of hydrogen-bond acceptors (Lipinski definition) is 3. The monoisotopic (exact) mass is 241 g/mol. The van der Waals surface area contributed by atoms with E-state index in [0.717, 1.165) is 29.4 Å². The second kappa shape index (κ2) is 6.69. The van der Waals surface area contributed by atoms with Crippen molar-refractivity contribution in [2.45, 2.75) is 6.92 Å². The lowest BCUT2D eigenvalue weighted by atomic mass is 10.2. The van der Waals surface area contributed by atoms with Crippen LogP contribution >= 0.6 is 24.0 Å². The van der Waals surface area contributed by atoms with Crippen LogP contribution in [0.1, 0.15) is 12.5 Å². The maximum absolute atomic E-state index is 5.54. The molecule has 0 bridgehead atoms. The van der Waals surface area contributed by atoms with Gasteiger partial charge in [0, 0.05) is 11.3 Å². The van der Waals surface area contributed by atoms with E-state index >= 15 is 0 Å². The van der Waals surface area contributed by atoms with Crippen LogP contribution in [0.25, 0.3) is 0 Å². The SMILES string of the molecule is CCSCCOc1ccc(C(N)=S)cc1. The van der Waals surface area contributed by atoms with Crippen molar-refractivity contribution in [1.82, 2.24) is 0 Å². The molecule has 1 rings (SSSR count). The number of benzene rings is 1. The second-order valence-corrected chi connectivity index (χ2v) is 4.77. The number of thiocarbonyl (C=S) groups is 1. The summed E-state index contributed by atoms with van der Waals surface area (Å²) in [7, 11) is 0. The number of hydrogen-bond donors (Lipinski definition) is 1. The molecule has 0 saturated carbocycles. The molecule has 0 amide bonds. The number of thioether (sulfide) groups is 1. The molecule has 15 heavy (non-hydrogen) atoms. The minimum Gasteiger partial charge on any atom is -0.493 e. The Morgan fingerprint density at radius 3 is 2.60 bits per heavy atom. The Bertz CT molecular complexity index is 311. The highest BCUT2D eigenvalue weighted by Gasteiger charge is 1.97. The van der Waals surface area contributed by atoms with Crippen LogP contribution in [0.4, 0.5) is 0 Å². The van der Waals surface area contributed by atoms with Crippen LogP contribution in [0.2, 0.25) is 0 Å². The Morgan fingerprint density at radius 2 is 2.07 bits per heavy atom. The Balaban J connectivity index is 2.39. The van der Waals surface area contributed by atoms with Crippen LogP contribution in [-0.4, -0.2) is 23.1 Å². The predicted octanol–water partition coefficient (Wildman–Crippen LogP) is 2.45. The molecule has 0 unspecified atom stereocenters. The standard InChI is InChI=1S/C11H15NOS2/c1-2-15-8-7-13-10-5-3-9(4-6-10)11(12)14/h3-6H,2,7-8H2,1H3,(H2,12,14). The third-order valence-electron chi connectivity index (χ3n) is 1.84. The fraction of sp³-hybridized carbons (Fsp3) is 0.364. The molecular formula is C11H15NOS2. The summed E-state index contributed by atoms with van der Waals surface area (Å²) in [6, 6.07) is 7.55. The summed E-state index contributed by atoms with van der Waals surface area (Å²) < 4.78 is 5.54. The van der Waals surface area contributed by atoms with Gasteiger partial charge >= 0.3 is 0 Å². The van der Waals surface area contributed by atoms with Gasteiger partial charge in [0.15, 0.2) is 0 Å². The highest BCUT2D eigenvalue weighted by molar-refractivity contribution is 7.99. The van der Waals surface area contributed by atoms with Gasteiger partial charge in [-0.15, -0.1) is 0 Å². The second-order valence-electron chi connectivity index (χ2n) is 2.93. The largest absolute Gasteiger partial charge is 0.493 e. The quantitative estimate of drug-likeness (QED) is 0.613. The first-order chi connectivity index (χ1) is 7.24. The van der Waals surface area contributed by atoms with Gasteiger partial charge in [-0.05, 0) is 30.0 Å². The van der Waals surface area contributed by atoms with Gasteiger partial charge in [0.1, 0.15) is 10.7 Å². The highest BCUT2D eigenvalue weighted by Crippen LogP contribution is 2.12. The first-order valence-corrected chi connectivity index (χ1v) is 6.40. The van der Waals surface area contributed by atoms with Gasteiger partial charge in [0.25, 0.3) is 0 Å². The molecule has 2 N–H and O–H groups in total. The van der Waals surface area contributed by atoms with Crippen LogP contribution in [0.3, 0.4) is 0 Å². The number of nitrogens with two attached hydrogens (primary N) is 1. The van der Waals surface area contributed by atoms with E-state index in [1.807, 2.05) is 36.0 Å². The maximum Gasteiger partial charge on any atom is 0.119 e. The van der Waals surface area contributed by atoms with Gasteiger partial charge in [-0.25, -0.2) is 0 Å². The van der Waals surface area contributed by atoms with Gasteiger partial charge in [-0.2, -0.15) is 11.8 Å². The van der Waals surface area contributed by atoms with Crippen molar-refractivity contribution >= 4 is 29.0 Å². The molecule has 82 valence electrons. The van der Waals surface area contributed by atoms with Crippen LogP contribution in [0.5, 0.6) is 5.75 Å². The van der Waals surface area contributed by atoms with Gasteiger partial charge in [-0.3, -0.25) is 0 Å². The van der Waals surface area contributed by atoms with E-state index in [2.05, 4.69) is 6.92 Å².